The van der Waals surface area contributed by atoms with Crippen molar-refractivity contribution < 1.29 is 19.4 Å². The third-order valence-corrected chi connectivity index (χ3v) is 2.76. The van der Waals surface area contributed by atoms with Crippen LogP contribution in [0.5, 0.6) is 0 Å². The number of nitriles is 1. The van der Waals surface area contributed by atoms with Gasteiger partial charge in [-0.05, 0) is 20.8 Å². The van der Waals surface area contributed by atoms with Crippen molar-refractivity contribution in [2.45, 2.75) is 32.8 Å². The van der Waals surface area contributed by atoms with Crippen LogP contribution in [-0.2, 0) is 9.53 Å². The van der Waals surface area contributed by atoms with E-state index in [4.69, 9.17) is 15.1 Å². The Labute approximate surface area is 106 Å². The van der Waals surface area contributed by atoms with Gasteiger partial charge in [-0.1, -0.05) is 0 Å². The van der Waals surface area contributed by atoms with Crippen LogP contribution >= 0.6 is 0 Å². The van der Waals surface area contributed by atoms with Crippen LogP contribution < -0.4 is 0 Å². The Bertz CT molecular complexity index is 381. The lowest BCUT2D eigenvalue weighted by Crippen LogP contribution is -2.35. The molecule has 6 heteroatoms. The fraction of sp³-hybridized carbons (Fsp3) is 0.750. The predicted octanol–water partition coefficient (Wildman–Crippen LogP) is 1.47. The second kappa shape index (κ2) is 5.25. The second-order valence-electron chi connectivity index (χ2n) is 5.45. The van der Waals surface area contributed by atoms with Crippen LogP contribution in [0.4, 0.5) is 4.79 Å². The van der Waals surface area contributed by atoms with E-state index in [1.807, 2.05) is 6.07 Å². The molecule has 0 radical (unpaired) electrons. The van der Waals surface area contributed by atoms with Gasteiger partial charge in [-0.15, -0.1) is 0 Å². The fourth-order valence-electron chi connectivity index (χ4n) is 1.95. The topological polar surface area (TPSA) is 90.6 Å². The van der Waals surface area contributed by atoms with Crippen molar-refractivity contribution in [2.24, 2.45) is 11.8 Å². The molecule has 0 aromatic heterocycles. The number of nitrogens with zero attached hydrogens (tertiary/aromatic N) is 2. The summed E-state index contributed by atoms with van der Waals surface area (Å²) < 4.78 is 5.19. The van der Waals surface area contributed by atoms with Crippen molar-refractivity contribution >= 4 is 12.1 Å². The van der Waals surface area contributed by atoms with Gasteiger partial charge in [0, 0.05) is 25.4 Å². The van der Waals surface area contributed by atoms with Crippen LogP contribution in [0.1, 0.15) is 27.2 Å². The molecule has 100 valence electrons. The second-order valence-corrected chi connectivity index (χ2v) is 5.45. The molecule has 1 rings (SSSR count). The molecule has 18 heavy (non-hydrogen) atoms. The number of aliphatic carboxylic acids is 1. The minimum absolute atomic E-state index is 0.108. The highest BCUT2D eigenvalue weighted by atomic mass is 16.6. The first-order valence-corrected chi connectivity index (χ1v) is 5.82. The number of carboxylic acid groups (broad SMARTS) is 1. The van der Waals surface area contributed by atoms with Gasteiger partial charge in [-0.3, -0.25) is 4.79 Å². The Balaban J connectivity index is 2.69. The van der Waals surface area contributed by atoms with Gasteiger partial charge in [-0.2, -0.15) is 5.26 Å². The molecule has 6 nitrogen and oxygen atoms in total. The summed E-state index contributed by atoms with van der Waals surface area (Å²) in [5.41, 5.74) is -0.608. The summed E-state index contributed by atoms with van der Waals surface area (Å²) in [6.45, 7) is 5.63. The number of carbonyl (C=O) groups excluding carboxylic acids is 1. The summed E-state index contributed by atoms with van der Waals surface area (Å²) in [6.07, 6.45) is -0.384. The molecule has 0 bridgehead atoms. The van der Waals surface area contributed by atoms with Gasteiger partial charge in [-0.25, -0.2) is 4.79 Å². The van der Waals surface area contributed by atoms with E-state index in [1.54, 1.807) is 20.8 Å². The molecule has 1 aliphatic rings. The maximum Gasteiger partial charge on any atom is 0.410 e. The minimum Gasteiger partial charge on any atom is -0.481 e. The first kappa shape index (κ1) is 14.3. The Hall–Kier alpha value is -1.77. The standard InChI is InChI=1S/C12H18N2O4/c1-12(2,3)18-11(17)14-6-8(4-5-13)9(7-14)10(15)16/h8-9H,4,6-7H2,1-3H3,(H,15,16)/t8-,9+/m1/s1. The molecular formula is C12H18N2O4. The Morgan fingerprint density at radius 2 is 2.06 bits per heavy atom. The lowest BCUT2D eigenvalue weighted by Gasteiger charge is -2.24. The van der Waals surface area contributed by atoms with Crippen molar-refractivity contribution in [1.29, 1.82) is 5.26 Å². The smallest absolute Gasteiger partial charge is 0.410 e. The normalized spacial score (nSPS) is 23.6. The van der Waals surface area contributed by atoms with Crippen molar-refractivity contribution in [3.63, 3.8) is 0 Å². The van der Waals surface area contributed by atoms with Crippen molar-refractivity contribution in [3.8, 4) is 6.07 Å². The van der Waals surface area contributed by atoms with Crippen LogP contribution in [0.3, 0.4) is 0 Å². The van der Waals surface area contributed by atoms with Crippen LogP contribution in [0, 0.1) is 23.2 Å². The molecule has 0 aromatic rings. The molecule has 0 saturated carbocycles. The van der Waals surface area contributed by atoms with Crippen LogP contribution in [0.25, 0.3) is 0 Å². The summed E-state index contributed by atoms with van der Waals surface area (Å²) in [5.74, 6) is -1.97. The van der Waals surface area contributed by atoms with Crippen molar-refractivity contribution in [2.75, 3.05) is 13.1 Å². The highest BCUT2D eigenvalue weighted by Crippen LogP contribution is 2.27. The number of hydrogen-bond donors (Lipinski definition) is 1. The summed E-state index contributed by atoms with van der Waals surface area (Å²) >= 11 is 0. The zero-order valence-corrected chi connectivity index (χ0v) is 10.8. The Morgan fingerprint density at radius 3 is 2.50 bits per heavy atom. The number of hydrogen-bond acceptors (Lipinski definition) is 4. The SMILES string of the molecule is CC(C)(C)OC(=O)N1C[C@@H](CC#N)[C@@H](C(=O)O)C1. The average Bonchev–Trinajstić information content (AvgIpc) is 2.59. The maximum atomic E-state index is 11.8. The minimum atomic E-state index is -0.971. The fourth-order valence-corrected chi connectivity index (χ4v) is 1.95. The van der Waals surface area contributed by atoms with Gasteiger partial charge < -0.3 is 14.7 Å². The van der Waals surface area contributed by atoms with Gasteiger partial charge in [0.05, 0.1) is 12.0 Å². The lowest BCUT2D eigenvalue weighted by atomic mass is 9.94. The molecule has 0 unspecified atom stereocenters. The zero-order valence-electron chi connectivity index (χ0n) is 10.8. The monoisotopic (exact) mass is 254 g/mol. The quantitative estimate of drug-likeness (QED) is 0.805. The molecule has 0 aromatic carbocycles. The van der Waals surface area contributed by atoms with E-state index in [0.717, 1.165) is 0 Å². The molecule has 2 atom stereocenters. The molecule has 1 saturated heterocycles. The highest BCUT2D eigenvalue weighted by Gasteiger charge is 2.40. The van der Waals surface area contributed by atoms with Crippen LogP contribution in [-0.4, -0.2) is 40.8 Å². The summed E-state index contributed by atoms with van der Waals surface area (Å²) in [5, 5.41) is 17.7. The number of carboxylic acids is 1. The van der Waals surface area contributed by atoms with Crippen LogP contribution in [0.15, 0.2) is 0 Å². The predicted molar refractivity (Wildman–Crippen MR) is 62.7 cm³/mol. The summed E-state index contributed by atoms with van der Waals surface area (Å²) in [6, 6.07) is 1.96. The zero-order chi connectivity index (χ0) is 13.9. The molecule has 1 amide bonds. The highest BCUT2D eigenvalue weighted by molar-refractivity contribution is 5.74. The van der Waals surface area contributed by atoms with Gasteiger partial charge in [0.2, 0.25) is 0 Å². The Morgan fingerprint density at radius 1 is 1.44 bits per heavy atom. The van der Waals surface area contributed by atoms with Crippen molar-refractivity contribution in [3.05, 3.63) is 0 Å². The van der Waals surface area contributed by atoms with Gasteiger partial charge in [0.15, 0.2) is 0 Å². The molecular weight excluding hydrogens is 236 g/mol. The van der Waals surface area contributed by atoms with Crippen molar-refractivity contribution in [1.82, 2.24) is 4.90 Å². The maximum absolute atomic E-state index is 11.8. The summed E-state index contributed by atoms with van der Waals surface area (Å²) in [4.78, 5) is 24.2. The van der Waals surface area contributed by atoms with E-state index >= 15 is 0 Å². The molecule has 1 fully saturated rings. The van der Waals surface area contributed by atoms with E-state index in [2.05, 4.69) is 0 Å². The van der Waals surface area contributed by atoms with Crippen LogP contribution in [0.2, 0.25) is 0 Å². The number of likely N-dealkylation sites (tertiary alicyclic amines) is 1. The molecule has 1 aliphatic heterocycles. The summed E-state index contributed by atoms with van der Waals surface area (Å²) in [7, 11) is 0. The molecule has 1 heterocycles. The van der Waals surface area contributed by atoms with E-state index in [9.17, 15) is 9.59 Å². The molecule has 0 aliphatic carbocycles. The van der Waals surface area contributed by atoms with E-state index in [1.165, 1.54) is 4.90 Å². The number of amides is 1. The van der Waals surface area contributed by atoms with E-state index < -0.39 is 23.6 Å². The third kappa shape index (κ3) is 3.62. The largest absolute Gasteiger partial charge is 0.481 e. The first-order chi connectivity index (χ1) is 8.24. The average molecular weight is 254 g/mol. The Kier molecular flexibility index (Phi) is 4.17. The van der Waals surface area contributed by atoms with Gasteiger partial charge in [0.25, 0.3) is 0 Å². The molecule has 1 N–H and O–H groups in total. The van der Waals surface area contributed by atoms with Gasteiger partial charge in [0.1, 0.15) is 5.60 Å². The lowest BCUT2D eigenvalue weighted by molar-refractivity contribution is -0.142. The number of rotatable bonds is 2. The van der Waals surface area contributed by atoms with Gasteiger partial charge >= 0.3 is 12.1 Å². The number of carbonyl (C=O) groups is 2. The number of ether oxygens (including phenoxy) is 1. The first-order valence-electron chi connectivity index (χ1n) is 5.82. The van der Waals surface area contributed by atoms with E-state index in [0.29, 0.717) is 0 Å². The van der Waals surface area contributed by atoms with E-state index in [-0.39, 0.29) is 25.4 Å². The molecule has 0 spiro atoms. The third-order valence-electron chi connectivity index (χ3n) is 2.76.